The van der Waals surface area contributed by atoms with Crippen molar-refractivity contribution in [1.82, 2.24) is 4.90 Å². The zero-order chi connectivity index (χ0) is 17.2. The monoisotopic (exact) mass is 347 g/mol. The third-order valence-electron chi connectivity index (χ3n) is 5.70. The molecule has 2 saturated heterocycles. The van der Waals surface area contributed by atoms with E-state index in [0.29, 0.717) is 5.78 Å². The fourth-order valence-corrected chi connectivity index (χ4v) is 4.61. The molecule has 0 amide bonds. The Morgan fingerprint density at radius 2 is 1.88 bits per heavy atom. The van der Waals surface area contributed by atoms with Crippen LogP contribution >= 0.6 is 11.6 Å². The first kappa shape index (κ1) is 17.7. The van der Waals surface area contributed by atoms with Gasteiger partial charge in [-0.25, -0.2) is 0 Å². The van der Waals surface area contributed by atoms with Crippen molar-refractivity contribution >= 4 is 23.5 Å². The number of halogens is 1. The van der Waals surface area contributed by atoms with E-state index in [0.717, 1.165) is 43.8 Å². The smallest absolute Gasteiger partial charge is 0.174 e. The van der Waals surface area contributed by atoms with Gasteiger partial charge in [-0.3, -0.25) is 9.69 Å². The number of hydrogen-bond donors (Lipinski definition) is 0. The molecule has 130 valence electrons. The van der Waals surface area contributed by atoms with E-state index in [9.17, 15) is 4.79 Å². The summed E-state index contributed by atoms with van der Waals surface area (Å²) in [6.07, 6.45) is 4.43. The van der Waals surface area contributed by atoms with E-state index >= 15 is 0 Å². The van der Waals surface area contributed by atoms with Crippen LogP contribution in [0.2, 0.25) is 0 Å². The lowest BCUT2D eigenvalue weighted by atomic mass is 9.87. The second-order valence-corrected chi connectivity index (χ2v) is 7.87. The summed E-state index contributed by atoms with van der Waals surface area (Å²) in [5, 5.41) is 0. The van der Waals surface area contributed by atoms with Gasteiger partial charge in [0.25, 0.3) is 0 Å². The van der Waals surface area contributed by atoms with Crippen molar-refractivity contribution in [3.8, 4) is 0 Å². The van der Waals surface area contributed by atoms with Crippen LogP contribution < -0.4 is 0 Å². The largest absolute Gasteiger partial charge is 0.305 e. The number of nitrogens with zero attached hydrogens (tertiary/aromatic N) is 2. The summed E-state index contributed by atoms with van der Waals surface area (Å²) in [6.45, 7) is 10.2. The van der Waals surface area contributed by atoms with E-state index in [4.69, 9.17) is 11.6 Å². The van der Waals surface area contributed by atoms with E-state index in [1.54, 1.807) is 0 Å². The van der Waals surface area contributed by atoms with Crippen molar-refractivity contribution in [3.63, 3.8) is 0 Å². The summed E-state index contributed by atoms with van der Waals surface area (Å²) >= 11 is 6.71. The highest BCUT2D eigenvalue weighted by molar-refractivity contribution is 6.21. The molecule has 0 saturated carbocycles. The van der Waals surface area contributed by atoms with E-state index in [1.807, 2.05) is 13.0 Å². The lowest BCUT2D eigenvalue weighted by Crippen LogP contribution is -2.69. The molecule has 1 aromatic rings. The van der Waals surface area contributed by atoms with Crippen LogP contribution in [0.5, 0.6) is 0 Å². The number of piperidine rings is 1. The maximum atomic E-state index is 12.2. The highest BCUT2D eigenvalue weighted by Gasteiger charge is 2.50. The van der Waals surface area contributed by atoms with Crippen LogP contribution in [0.25, 0.3) is 6.08 Å². The predicted molar refractivity (Wildman–Crippen MR) is 99.8 cm³/mol. The Balaban J connectivity index is 1.55. The van der Waals surface area contributed by atoms with Crippen LogP contribution in [-0.4, -0.2) is 59.9 Å². The van der Waals surface area contributed by atoms with Gasteiger partial charge in [0.05, 0.1) is 31.5 Å². The molecule has 0 radical (unpaired) electrons. The number of ketones is 1. The molecule has 0 N–H and O–H groups in total. The van der Waals surface area contributed by atoms with Crippen LogP contribution in [-0.2, 0) is 4.79 Å². The molecule has 2 aliphatic rings. The normalized spacial score (nSPS) is 31.0. The van der Waals surface area contributed by atoms with Crippen molar-refractivity contribution in [2.75, 3.05) is 39.3 Å². The number of hydrogen-bond acceptors (Lipinski definition) is 2. The Labute approximate surface area is 150 Å². The van der Waals surface area contributed by atoms with Crippen LogP contribution in [0, 0.1) is 11.8 Å². The van der Waals surface area contributed by atoms with Crippen LogP contribution in [0.15, 0.2) is 36.4 Å². The third-order valence-corrected chi connectivity index (χ3v) is 6.50. The van der Waals surface area contributed by atoms with Crippen molar-refractivity contribution < 1.29 is 9.28 Å². The Hall–Kier alpha value is -1.16. The summed E-state index contributed by atoms with van der Waals surface area (Å²) in [5.41, 5.74) is 1.19. The summed E-state index contributed by atoms with van der Waals surface area (Å²) < 4.78 is 0.911. The van der Waals surface area contributed by atoms with Crippen molar-refractivity contribution in [2.24, 2.45) is 11.8 Å². The number of rotatable bonds is 3. The number of Topliss-reactive ketones (excluding diaryl/α,β-unsaturated/α-hetero) is 1. The number of piperazine rings is 1. The molecule has 1 aromatic carbocycles. The van der Waals surface area contributed by atoms with Gasteiger partial charge in [-0.2, -0.15) is 0 Å². The molecule has 2 fully saturated rings. The van der Waals surface area contributed by atoms with Gasteiger partial charge in [0.2, 0.25) is 0 Å². The van der Waals surface area contributed by atoms with Crippen LogP contribution in [0.4, 0.5) is 0 Å². The third kappa shape index (κ3) is 3.58. The SMILES string of the molecule is CC1C[N+]2(CCN(CC=Cc3ccccc3)CC2)C(Cl)C(C)C1=O. The Morgan fingerprint density at radius 3 is 2.54 bits per heavy atom. The van der Waals surface area contributed by atoms with Gasteiger partial charge >= 0.3 is 0 Å². The highest BCUT2D eigenvalue weighted by Crippen LogP contribution is 2.34. The number of alkyl halides is 1. The maximum absolute atomic E-state index is 12.2. The van der Waals surface area contributed by atoms with Crippen LogP contribution in [0.3, 0.4) is 0 Å². The molecule has 1 spiro atoms. The minimum absolute atomic E-state index is 0.0278. The van der Waals surface area contributed by atoms with Gasteiger partial charge in [0, 0.05) is 19.6 Å². The lowest BCUT2D eigenvalue weighted by Gasteiger charge is -2.52. The second kappa shape index (κ2) is 7.38. The average Bonchev–Trinajstić information content (AvgIpc) is 2.61. The van der Waals surface area contributed by atoms with E-state index in [-0.39, 0.29) is 17.3 Å². The average molecular weight is 348 g/mol. The van der Waals surface area contributed by atoms with Gasteiger partial charge in [-0.15, -0.1) is 0 Å². The van der Waals surface area contributed by atoms with Gasteiger partial charge in [-0.05, 0) is 12.5 Å². The second-order valence-electron chi connectivity index (χ2n) is 7.43. The molecule has 3 rings (SSSR count). The Morgan fingerprint density at radius 1 is 1.21 bits per heavy atom. The molecule has 2 heterocycles. The molecule has 4 heteroatoms. The first-order chi connectivity index (χ1) is 11.5. The molecular weight excluding hydrogens is 320 g/mol. The molecule has 24 heavy (non-hydrogen) atoms. The maximum Gasteiger partial charge on any atom is 0.174 e. The van der Waals surface area contributed by atoms with Gasteiger partial charge in [0.15, 0.2) is 11.3 Å². The van der Waals surface area contributed by atoms with E-state index < -0.39 is 0 Å². The van der Waals surface area contributed by atoms with E-state index in [1.165, 1.54) is 5.56 Å². The Bertz CT molecular complexity index is 593. The molecule has 3 nitrogen and oxygen atoms in total. The molecule has 0 bridgehead atoms. The van der Waals surface area contributed by atoms with Gasteiger partial charge in [-0.1, -0.05) is 61.0 Å². The number of quaternary nitrogens is 1. The zero-order valence-corrected chi connectivity index (χ0v) is 15.5. The first-order valence-electron chi connectivity index (χ1n) is 8.99. The Kier molecular flexibility index (Phi) is 5.43. The summed E-state index contributed by atoms with van der Waals surface area (Å²) in [4.78, 5) is 14.7. The van der Waals surface area contributed by atoms with Crippen LogP contribution in [0.1, 0.15) is 19.4 Å². The number of benzene rings is 1. The fourth-order valence-electron chi connectivity index (χ4n) is 4.21. The first-order valence-corrected chi connectivity index (χ1v) is 9.43. The standard InChI is InChI=1S/C20H28ClN2O/c1-16-15-23(20(21)17(2)19(16)24)13-11-22(12-14-23)10-6-9-18-7-4-3-5-8-18/h3-9,16-17,20H,10-15H2,1-2H3/q+1. The van der Waals surface area contributed by atoms with Crippen molar-refractivity contribution in [3.05, 3.63) is 42.0 Å². The minimum atomic E-state index is -0.0595. The predicted octanol–water partition coefficient (Wildman–Crippen LogP) is 3.25. The molecule has 0 aromatic heterocycles. The van der Waals surface area contributed by atoms with Crippen molar-refractivity contribution in [2.45, 2.75) is 19.3 Å². The number of carbonyl (C=O) groups is 1. The molecule has 2 aliphatic heterocycles. The van der Waals surface area contributed by atoms with Gasteiger partial charge in [0.1, 0.15) is 0 Å². The highest BCUT2D eigenvalue weighted by atomic mass is 35.5. The zero-order valence-electron chi connectivity index (χ0n) is 14.7. The fraction of sp³-hybridized carbons (Fsp3) is 0.550. The molecule has 0 aliphatic carbocycles. The molecule has 3 atom stereocenters. The van der Waals surface area contributed by atoms with E-state index in [2.05, 4.69) is 48.2 Å². The molecule has 3 unspecified atom stereocenters. The summed E-state index contributed by atoms with van der Waals surface area (Å²) in [6, 6.07) is 10.4. The summed E-state index contributed by atoms with van der Waals surface area (Å²) in [5.74, 6) is 0.450. The minimum Gasteiger partial charge on any atom is -0.305 e. The molecular formula is C20H28ClN2O+. The quantitative estimate of drug-likeness (QED) is 0.475. The lowest BCUT2D eigenvalue weighted by molar-refractivity contribution is -0.949. The summed E-state index contributed by atoms with van der Waals surface area (Å²) in [7, 11) is 0. The number of carbonyl (C=O) groups excluding carboxylic acids is 1. The topological polar surface area (TPSA) is 20.3 Å². The van der Waals surface area contributed by atoms with Crippen molar-refractivity contribution in [1.29, 1.82) is 0 Å². The van der Waals surface area contributed by atoms with Gasteiger partial charge < -0.3 is 4.48 Å².